The van der Waals surface area contributed by atoms with Crippen LogP contribution in [0.3, 0.4) is 0 Å². The van der Waals surface area contributed by atoms with Crippen molar-refractivity contribution in [2.24, 2.45) is 0 Å². The lowest BCUT2D eigenvalue weighted by molar-refractivity contribution is -0.384. The summed E-state index contributed by atoms with van der Waals surface area (Å²) in [7, 11) is -4.01. The van der Waals surface area contributed by atoms with Crippen molar-refractivity contribution >= 4 is 21.8 Å². The van der Waals surface area contributed by atoms with E-state index in [1.165, 1.54) is 6.92 Å². The molecule has 0 spiro atoms. The van der Waals surface area contributed by atoms with E-state index in [1.807, 2.05) is 0 Å². The minimum absolute atomic E-state index is 0.193. The molecule has 0 amide bonds. The molecule has 1 aromatic rings. The fourth-order valence-corrected chi connectivity index (χ4v) is 2.02. The molecule has 0 bridgehead atoms. The lowest BCUT2D eigenvalue weighted by atomic mass is 10.3. The smallest absolute Gasteiger partial charge is 0.302 e. The quantitative estimate of drug-likeness (QED) is 0.251. The van der Waals surface area contributed by atoms with E-state index in [2.05, 4.69) is 8.92 Å². The van der Waals surface area contributed by atoms with Gasteiger partial charge in [0.1, 0.15) is 13.2 Å². The van der Waals surface area contributed by atoms with Crippen LogP contribution >= 0.6 is 0 Å². The molecule has 0 fully saturated rings. The predicted octanol–water partition coefficient (Wildman–Crippen LogP) is 0.863. The fourth-order valence-electron chi connectivity index (χ4n) is 1.13. The molecule has 19 heavy (non-hydrogen) atoms. The number of carbonyl (C=O) groups excluding carboxylic acids is 1. The second-order valence-electron chi connectivity index (χ2n) is 3.37. The van der Waals surface area contributed by atoms with Gasteiger partial charge in [-0.05, 0) is 12.1 Å². The predicted molar refractivity (Wildman–Crippen MR) is 62.9 cm³/mol. The summed E-state index contributed by atoms with van der Waals surface area (Å²) in [5, 5.41) is 10.4. The van der Waals surface area contributed by atoms with Gasteiger partial charge in [0.05, 0.1) is 9.82 Å². The Labute approximate surface area is 109 Å². The molecule has 0 aliphatic heterocycles. The van der Waals surface area contributed by atoms with Gasteiger partial charge in [-0.3, -0.25) is 19.1 Å². The highest BCUT2D eigenvalue weighted by Crippen LogP contribution is 2.17. The molecule has 1 rings (SSSR count). The number of ether oxygens (including phenoxy) is 1. The number of rotatable bonds is 6. The summed E-state index contributed by atoms with van der Waals surface area (Å²) >= 11 is 0. The molecule has 0 aromatic heterocycles. The Morgan fingerprint density at radius 2 is 1.84 bits per heavy atom. The van der Waals surface area contributed by atoms with E-state index in [4.69, 9.17) is 0 Å². The molecule has 9 heteroatoms. The monoisotopic (exact) mass is 289 g/mol. The average Bonchev–Trinajstić information content (AvgIpc) is 2.34. The van der Waals surface area contributed by atoms with Gasteiger partial charge in [-0.15, -0.1) is 0 Å². The number of nitro groups is 1. The number of nitro benzene ring substituents is 1. The van der Waals surface area contributed by atoms with Crippen molar-refractivity contribution in [1.82, 2.24) is 0 Å². The highest BCUT2D eigenvalue weighted by atomic mass is 32.2. The van der Waals surface area contributed by atoms with E-state index in [0.29, 0.717) is 0 Å². The normalized spacial score (nSPS) is 11.0. The van der Waals surface area contributed by atoms with Crippen molar-refractivity contribution in [2.75, 3.05) is 13.2 Å². The zero-order chi connectivity index (χ0) is 14.5. The first kappa shape index (κ1) is 15.1. The first-order chi connectivity index (χ1) is 8.83. The first-order valence-corrected chi connectivity index (χ1v) is 6.51. The van der Waals surface area contributed by atoms with Gasteiger partial charge in [0.2, 0.25) is 0 Å². The van der Waals surface area contributed by atoms with Gasteiger partial charge in [-0.1, -0.05) is 0 Å². The van der Waals surface area contributed by atoms with Gasteiger partial charge in [0.25, 0.3) is 15.8 Å². The number of benzene rings is 1. The van der Waals surface area contributed by atoms with Gasteiger partial charge in [0, 0.05) is 19.1 Å². The molecule has 0 unspecified atom stereocenters. The van der Waals surface area contributed by atoms with Gasteiger partial charge in [-0.25, -0.2) is 0 Å². The zero-order valence-electron chi connectivity index (χ0n) is 9.94. The number of hydrogen-bond acceptors (Lipinski definition) is 7. The summed E-state index contributed by atoms with van der Waals surface area (Å²) in [6.07, 6.45) is 0. The van der Waals surface area contributed by atoms with Gasteiger partial charge in [-0.2, -0.15) is 8.42 Å². The summed E-state index contributed by atoms with van der Waals surface area (Å²) in [6.45, 7) is 0.672. The Hall–Kier alpha value is -2.00. The lowest BCUT2D eigenvalue weighted by Crippen LogP contribution is -2.13. The minimum atomic E-state index is -4.01. The van der Waals surface area contributed by atoms with Crippen LogP contribution in [0.15, 0.2) is 29.2 Å². The van der Waals surface area contributed by atoms with Crippen LogP contribution in [0.2, 0.25) is 0 Å². The molecular weight excluding hydrogens is 278 g/mol. The molecule has 0 aliphatic rings. The van der Waals surface area contributed by atoms with Crippen LogP contribution in [0.1, 0.15) is 6.92 Å². The van der Waals surface area contributed by atoms with Crippen LogP contribution < -0.4 is 0 Å². The van der Waals surface area contributed by atoms with E-state index >= 15 is 0 Å². The van der Waals surface area contributed by atoms with E-state index < -0.39 is 21.0 Å². The van der Waals surface area contributed by atoms with E-state index in [-0.39, 0.29) is 23.8 Å². The van der Waals surface area contributed by atoms with Crippen molar-refractivity contribution in [3.8, 4) is 0 Å². The average molecular weight is 289 g/mol. The minimum Gasteiger partial charge on any atom is -0.463 e. The lowest BCUT2D eigenvalue weighted by Gasteiger charge is -2.05. The van der Waals surface area contributed by atoms with Crippen LogP contribution in [0.5, 0.6) is 0 Å². The van der Waals surface area contributed by atoms with Crippen molar-refractivity contribution in [1.29, 1.82) is 0 Å². The third kappa shape index (κ3) is 4.64. The van der Waals surface area contributed by atoms with Crippen LogP contribution in [0.4, 0.5) is 5.69 Å². The Morgan fingerprint density at radius 1 is 1.26 bits per heavy atom. The summed E-state index contributed by atoms with van der Waals surface area (Å²) < 4.78 is 32.3. The van der Waals surface area contributed by atoms with E-state index in [9.17, 15) is 23.3 Å². The van der Waals surface area contributed by atoms with Crippen molar-refractivity contribution < 1.29 is 27.1 Å². The second-order valence-corrected chi connectivity index (χ2v) is 4.98. The molecule has 0 N–H and O–H groups in total. The number of nitrogens with zero attached hydrogens (tertiary/aromatic N) is 1. The van der Waals surface area contributed by atoms with Crippen LogP contribution in [-0.2, 0) is 23.8 Å². The highest BCUT2D eigenvalue weighted by molar-refractivity contribution is 7.86. The summed E-state index contributed by atoms with van der Waals surface area (Å²) in [4.78, 5) is 20.0. The molecule has 0 saturated carbocycles. The van der Waals surface area contributed by atoms with Gasteiger partial charge >= 0.3 is 5.97 Å². The summed E-state index contributed by atoms with van der Waals surface area (Å²) in [5.41, 5.74) is -0.223. The second kappa shape index (κ2) is 6.25. The molecule has 104 valence electrons. The first-order valence-electron chi connectivity index (χ1n) is 5.10. The molecule has 0 aliphatic carbocycles. The number of non-ortho nitro benzene ring substituents is 1. The molecule has 8 nitrogen and oxygen atoms in total. The Balaban J connectivity index is 2.66. The van der Waals surface area contributed by atoms with Gasteiger partial charge < -0.3 is 4.74 Å². The Kier molecular flexibility index (Phi) is 4.95. The SMILES string of the molecule is CC(=O)OCCOS(=O)(=O)c1ccc([N+](=O)[O-])cc1. The summed E-state index contributed by atoms with van der Waals surface area (Å²) in [5.74, 6) is -0.545. The van der Waals surface area contributed by atoms with Crippen molar-refractivity contribution in [2.45, 2.75) is 11.8 Å². The van der Waals surface area contributed by atoms with Gasteiger partial charge in [0.15, 0.2) is 0 Å². The summed E-state index contributed by atoms with van der Waals surface area (Å²) in [6, 6.07) is 4.25. The maximum Gasteiger partial charge on any atom is 0.302 e. The largest absolute Gasteiger partial charge is 0.463 e. The van der Waals surface area contributed by atoms with Crippen molar-refractivity contribution in [3.63, 3.8) is 0 Å². The standard InChI is InChI=1S/C10H11NO7S/c1-8(12)17-6-7-18-19(15,16)10-4-2-9(3-5-10)11(13)14/h2-5H,6-7H2,1H3. The van der Waals surface area contributed by atoms with E-state index in [0.717, 1.165) is 24.3 Å². The van der Waals surface area contributed by atoms with E-state index in [1.54, 1.807) is 0 Å². The molecule has 0 radical (unpaired) electrons. The topological polar surface area (TPSA) is 113 Å². The molecule has 0 heterocycles. The van der Waals surface area contributed by atoms with Crippen LogP contribution in [0.25, 0.3) is 0 Å². The third-order valence-electron chi connectivity index (χ3n) is 1.96. The third-order valence-corrected chi connectivity index (χ3v) is 3.29. The zero-order valence-corrected chi connectivity index (χ0v) is 10.8. The molecule has 0 saturated heterocycles. The maximum atomic E-state index is 11.6. The molecular formula is C10H11NO7S. The number of hydrogen-bond donors (Lipinski definition) is 0. The highest BCUT2D eigenvalue weighted by Gasteiger charge is 2.16. The number of carbonyl (C=O) groups is 1. The number of esters is 1. The van der Waals surface area contributed by atoms with Crippen LogP contribution in [0, 0.1) is 10.1 Å². The maximum absolute atomic E-state index is 11.6. The molecule has 0 atom stereocenters. The Bertz CT molecular complexity index is 564. The fraction of sp³-hybridized carbons (Fsp3) is 0.300. The van der Waals surface area contributed by atoms with Crippen LogP contribution in [-0.4, -0.2) is 32.5 Å². The molecule has 1 aromatic carbocycles. The van der Waals surface area contributed by atoms with Crippen molar-refractivity contribution in [3.05, 3.63) is 34.4 Å². The Morgan fingerprint density at radius 3 is 2.32 bits per heavy atom.